The molecule has 0 bridgehead atoms. The van der Waals surface area contributed by atoms with Crippen molar-refractivity contribution in [1.29, 1.82) is 0 Å². The molecule has 0 radical (unpaired) electrons. The van der Waals surface area contributed by atoms with E-state index in [4.69, 9.17) is 0 Å². The molecular weight excluding hydrogens is 240 g/mol. The second-order valence-corrected chi connectivity index (χ2v) is 4.68. The van der Waals surface area contributed by atoms with Crippen molar-refractivity contribution in [3.63, 3.8) is 0 Å². The van der Waals surface area contributed by atoms with E-state index >= 15 is 0 Å². The van der Waals surface area contributed by atoms with E-state index in [1.165, 1.54) is 0 Å². The molecule has 19 heavy (non-hydrogen) atoms. The lowest BCUT2D eigenvalue weighted by Gasteiger charge is -2.08. The normalized spacial score (nSPS) is 14.2. The summed E-state index contributed by atoms with van der Waals surface area (Å²) in [5.41, 5.74) is 2.77. The second-order valence-electron chi connectivity index (χ2n) is 4.68. The third kappa shape index (κ3) is 3.95. The van der Waals surface area contributed by atoms with E-state index in [0.717, 1.165) is 17.7 Å². The fourth-order valence-electron chi connectivity index (χ4n) is 1.94. The van der Waals surface area contributed by atoms with Gasteiger partial charge in [-0.05, 0) is 25.5 Å². The Hall–Kier alpha value is -2.10. The first-order valence-electron chi connectivity index (χ1n) is 6.47. The minimum Gasteiger partial charge on any atom is -0.386 e. The standard InChI is InChI=1S/C15H18N2O2/c1-11-2-4-12(5-3-11)15(19)17-9-8-16-13-6-7-14(18)10-13/h2-5,10,16H,6-9H2,1H3,(H,17,19). The van der Waals surface area contributed by atoms with Crippen LogP contribution in [0.25, 0.3) is 0 Å². The highest BCUT2D eigenvalue weighted by molar-refractivity contribution is 5.94. The van der Waals surface area contributed by atoms with Gasteiger partial charge in [-0.25, -0.2) is 0 Å². The number of benzene rings is 1. The number of carbonyl (C=O) groups is 2. The minimum absolute atomic E-state index is 0.0710. The number of hydrogen-bond acceptors (Lipinski definition) is 3. The molecule has 4 nitrogen and oxygen atoms in total. The lowest BCUT2D eigenvalue weighted by Crippen LogP contribution is -2.31. The molecule has 0 spiro atoms. The topological polar surface area (TPSA) is 58.2 Å². The lowest BCUT2D eigenvalue weighted by molar-refractivity contribution is -0.114. The third-order valence-electron chi connectivity index (χ3n) is 3.05. The van der Waals surface area contributed by atoms with Crippen molar-refractivity contribution in [3.05, 3.63) is 47.2 Å². The molecule has 0 heterocycles. The van der Waals surface area contributed by atoms with Gasteiger partial charge in [0.25, 0.3) is 5.91 Å². The number of rotatable bonds is 5. The van der Waals surface area contributed by atoms with Gasteiger partial charge in [0.2, 0.25) is 0 Å². The summed E-state index contributed by atoms with van der Waals surface area (Å²) in [5, 5.41) is 5.99. The highest BCUT2D eigenvalue weighted by Gasteiger charge is 2.11. The Kier molecular flexibility index (Phi) is 4.34. The summed E-state index contributed by atoms with van der Waals surface area (Å²) in [6, 6.07) is 7.47. The zero-order valence-corrected chi connectivity index (χ0v) is 11.0. The van der Waals surface area contributed by atoms with Gasteiger partial charge in [0.05, 0.1) is 0 Å². The monoisotopic (exact) mass is 258 g/mol. The minimum atomic E-state index is -0.0710. The molecular formula is C15H18N2O2. The van der Waals surface area contributed by atoms with E-state index in [0.29, 0.717) is 25.1 Å². The van der Waals surface area contributed by atoms with E-state index in [1.54, 1.807) is 6.08 Å². The van der Waals surface area contributed by atoms with E-state index < -0.39 is 0 Å². The number of hydrogen-bond donors (Lipinski definition) is 2. The van der Waals surface area contributed by atoms with Gasteiger partial charge >= 0.3 is 0 Å². The van der Waals surface area contributed by atoms with Gasteiger partial charge in [0.1, 0.15) is 0 Å². The first-order chi connectivity index (χ1) is 9.15. The van der Waals surface area contributed by atoms with Crippen LogP contribution >= 0.6 is 0 Å². The quantitative estimate of drug-likeness (QED) is 0.788. The van der Waals surface area contributed by atoms with E-state index in [9.17, 15) is 9.59 Å². The number of allylic oxidation sites excluding steroid dienone is 2. The number of nitrogens with one attached hydrogen (secondary N) is 2. The largest absolute Gasteiger partial charge is 0.386 e. The van der Waals surface area contributed by atoms with Crippen molar-refractivity contribution in [2.75, 3.05) is 13.1 Å². The fourth-order valence-corrected chi connectivity index (χ4v) is 1.94. The van der Waals surface area contributed by atoms with Crippen LogP contribution in [-0.2, 0) is 4.79 Å². The molecule has 0 atom stereocenters. The Morgan fingerprint density at radius 2 is 1.89 bits per heavy atom. The summed E-state index contributed by atoms with van der Waals surface area (Å²) in [7, 11) is 0. The van der Waals surface area contributed by atoms with Gasteiger partial charge in [-0.2, -0.15) is 0 Å². The first-order valence-corrected chi connectivity index (χ1v) is 6.47. The molecule has 0 saturated carbocycles. The molecule has 0 saturated heterocycles. The van der Waals surface area contributed by atoms with Gasteiger partial charge in [-0.3, -0.25) is 9.59 Å². The smallest absolute Gasteiger partial charge is 0.251 e. The van der Waals surface area contributed by atoms with Crippen LogP contribution in [-0.4, -0.2) is 24.8 Å². The molecule has 0 aliphatic heterocycles. The molecule has 1 amide bonds. The number of carbonyl (C=O) groups excluding carboxylic acids is 2. The van der Waals surface area contributed by atoms with Gasteiger partial charge in [0.15, 0.2) is 5.78 Å². The average Bonchev–Trinajstić information content (AvgIpc) is 2.81. The number of ketones is 1. The van der Waals surface area contributed by atoms with E-state index in [-0.39, 0.29) is 11.7 Å². The number of amides is 1. The Bertz CT molecular complexity index is 503. The van der Waals surface area contributed by atoms with Crippen molar-refractivity contribution in [2.45, 2.75) is 19.8 Å². The average molecular weight is 258 g/mol. The van der Waals surface area contributed by atoms with Crippen molar-refractivity contribution < 1.29 is 9.59 Å². The van der Waals surface area contributed by atoms with E-state index in [2.05, 4.69) is 10.6 Å². The Balaban J connectivity index is 1.71. The molecule has 100 valence electrons. The summed E-state index contributed by atoms with van der Waals surface area (Å²) in [6.07, 6.45) is 3.02. The highest BCUT2D eigenvalue weighted by Crippen LogP contribution is 2.10. The van der Waals surface area contributed by atoms with Crippen molar-refractivity contribution in [3.8, 4) is 0 Å². The van der Waals surface area contributed by atoms with Crippen molar-refractivity contribution in [1.82, 2.24) is 10.6 Å². The SMILES string of the molecule is Cc1ccc(C(=O)NCCNC2=CC(=O)CC2)cc1. The van der Waals surface area contributed by atoms with Crippen LogP contribution in [0.3, 0.4) is 0 Å². The van der Waals surface area contributed by atoms with Crippen LogP contribution in [0.1, 0.15) is 28.8 Å². The van der Waals surface area contributed by atoms with Crippen molar-refractivity contribution in [2.24, 2.45) is 0 Å². The molecule has 0 fully saturated rings. The molecule has 2 rings (SSSR count). The predicted octanol–water partition coefficient (Wildman–Crippen LogP) is 1.56. The lowest BCUT2D eigenvalue weighted by atomic mass is 10.1. The highest BCUT2D eigenvalue weighted by atomic mass is 16.1. The van der Waals surface area contributed by atoms with Gasteiger partial charge in [-0.15, -0.1) is 0 Å². The fraction of sp³-hybridized carbons (Fsp3) is 0.333. The van der Waals surface area contributed by atoms with Gasteiger partial charge in [0, 0.05) is 36.8 Å². The van der Waals surface area contributed by atoms with Crippen LogP contribution in [0.4, 0.5) is 0 Å². The van der Waals surface area contributed by atoms with Crippen LogP contribution < -0.4 is 10.6 Å². The maximum Gasteiger partial charge on any atom is 0.251 e. The van der Waals surface area contributed by atoms with E-state index in [1.807, 2.05) is 31.2 Å². The predicted molar refractivity (Wildman–Crippen MR) is 73.8 cm³/mol. The third-order valence-corrected chi connectivity index (χ3v) is 3.05. The number of aryl methyl sites for hydroxylation is 1. The summed E-state index contributed by atoms with van der Waals surface area (Å²) < 4.78 is 0. The maximum absolute atomic E-state index is 11.8. The Morgan fingerprint density at radius 1 is 1.16 bits per heavy atom. The zero-order chi connectivity index (χ0) is 13.7. The molecule has 2 N–H and O–H groups in total. The first kappa shape index (κ1) is 13.3. The molecule has 0 aromatic heterocycles. The van der Waals surface area contributed by atoms with Crippen LogP contribution in [0.2, 0.25) is 0 Å². The molecule has 1 aromatic rings. The zero-order valence-electron chi connectivity index (χ0n) is 11.0. The summed E-state index contributed by atoms with van der Waals surface area (Å²) in [5.74, 6) is 0.101. The molecule has 1 aliphatic carbocycles. The van der Waals surface area contributed by atoms with Gasteiger partial charge < -0.3 is 10.6 Å². The summed E-state index contributed by atoms with van der Waals surface area (Å²) in [6.45, 7) is 3.16. The molecule has 0 unspecified atom stereocenters. The molecule has 4 heteroatoms. The van der Waals surface area contributed by atoms with Gasteiger partial charge in [-0.1, -0.05) is 17.7 Å². The maximum atomic E-state index is 11.8. The van der Waals surface area contributed by atoms with Crippen LogP contribution in [0, 0.1) is 6.92 Å². The van der Waals surface area contributed by atoms with Crippen LogP contribution in [0.5, 0.6) is 0 Å². The molecule has 1 aliphatic rings. The van der Waals surface area contributed by atoms with Crippen LogP contribution in [0.15, 0.2) is 36.0 Å². The Labute approximate surface area is 112 Å². The Morgan fingerprint density at radius 3 is 2.53 bits per heavy atom. The molecule has 1 aromatic carbocycles. The summed E-state index contributed by atoms with van der Waals surface area (Å²) >= 11 is 0. The summed E-state index contributed by atoms with van der Waals surface area (Å²) in [4.78, 5) is 22.8. The second kappa shape index (κ2) is 6.18. The van der Waals surface area contributed by atoms with Crippen molar-refractivity contribution >= 4 is 11.7 Å².